The van der Waals surface area contributed by atoms with Gasteiger partial charge in [-0.3, -0.25) is 4.79 Å². The molecule has 0 radical (unpaired) electrons. The zero-order valence-corrected chi connectivity index (χ0v) is 19.4. The number of carbonyl (C=O) groups is 1. The number of nitrogens with zero attached hydrogens (tertiary/aromatic N) is 1. The van der Waals surface area contributed by atoms with Crippen molar-refractivity contribution in [3.05, 3.63) is 100 Å². The maximum absolute atomic E-state index is 13.4. The zero-order valence-electron chi connectivity index (χ0n) is 17.8. The predicted molar refractivity (Wildman–Crippen MR) is 132 cm³/mol. The summed E-state index contributed by atoms with van der Waals surface area (Å²) in [7, 11) is 0. The fourth-order valence-electron chi connectivity index (χ4n) is 5.02. The largest absolute Gasteiger partial charge is 0.508 e. The van der Waals surface area contributed by atoms with Gasteiger partial charge in [0.2, 0.25) is 0 Å². The summed E-state index contributed by atoms with van der Waals surface area (Å²) in [5, 5.41) is 14.2. The lowest BCUT2D eigenvalue weighted by Crippen LogP contribution is -2.32. The Kier molecular flexibility index (Phi) is 5.51. The molecule has 1 amide bonds. The Morgan fingerprint density at radius 2 is 1.91 bits per heavy atom. The second-order valence-electron chi connectivity index (χ2n) is 8.37. The van der Waals surface area contributed by atoms with Gasteiger partial charge in [-0.15, -0.1) is 0 Å². The molecule has 3 aromatic rings. The fourth-order valence-corrected chi connectivity index (χ4v) is 5.40. The summed E-state index contributed by atoms with van der Waals surface area (Å²) in [4.78, 5) is 15.2. The van der Waals surface area contributed by atoms with Crippen LogP contribution in [0, 0.1) is 5.92 Å². The number of phenolic OH excluding ortho intramolecular Hbond substituents is 1. The van der Waals surface area contributed by atoms with Gasteiger partial charge in [0.15, 0.2) is 0 Å². The Morgan fingerprint density at radius 1 is 1.09 bits per heavy atom. The van der Waals surface area contributed by atoms with Gasteiger partial charge in [0, 0.05) is 39.4 Å². The van der Waals surface area contributed by atoms with Gasteiger partial charge < -0.3 is 15.3 Å². The van der Waals surface area contributed by atoms with E-state index in [1.165, 1.54) is 0 Å². The van der Waals surface area contributed by atoms with Gasteiger partial charge in [0.05, 0.1) is 6.04 Å². The minimum Gasteiger partial charge on any atom is -0.508 e. The number of hydrogen-bond donors (Lipinski definition) is 2. The smallest absolute Gasteiger partial charge is 0.258 e. The summed E-state index contributed by atoms with van der Waals surface area (Å²) >= 11 is 3.54. The number of phenols is 1. The monoisotopic (exact) mass is 488 g/mol. The van der Waals surface area contributed by atoms with Gasteiger partial charge in [-0.05, 0) is 73.4 Å². The average Bonchev–Trinajstić information content (AvgIpc) is 3.31. The van der Waals surface area contributed by atoms with Crippen molar-refractivity contribution in [1.82, 2.24) is 0 Å². The number of allylic oxidation sites excluding steroid dienone is 2. The van der Waals surface area contributed by atoms with Crippen LogP contribution < -0.4 is 10.2 Å². The topological polar surface area (TPSA) is 52.6 Å². The van der Waals surface area contributed by atoms with Gasteiger partial charge in [-0.25, -0.2) is 0 Å². The van der Waals surface area contributed by atoms with E-state index in [9.17, 15) is 9.90 Å². The van der Waals surface area contributed by atoms with Gasteiger partial charge in [0.1, 0.15) is 5.75 Å². The number of aromatic hydroxyl groups is 1. The Morgan fingerprint density at radius 3 is 2.69 bits per heavy atom. The summed E-state index contributed by atoms with van der Waals surface area (Å²) in [6, 6.07) is 21.3. The molecule has 5 rings (SSSR count). The number of benzene rings is 3. The normalized spacial score (nSPS) is 20.9. The van der Waals surface area contributed by atoms with Crippen molar-refractivity contribution in [2.45, 2.75) is 25.3 Å². The van der Waals surface area contributed by atoms with E-state index in [1.807, 2.05) is 72.5 Å². The number of halogens is 1. The van der Waals surface area contributed by atoms with Crippen LogP contribution in [-0.4, -0.2) is 17.6 Å². The minimum atomic E-state index is -0.00184. The van der Waals surface area contributed by atoms with Gasteiger partial charge >= 0.3 is 0 Å². The van der Waals surface area contributed by atoms with Crippen molar-refractivity contribution in [2.75, 3.05) is 16.8 Å². The molecule has 32 heavy (non-hydrogen) atoms. The van der Waals surface area contributed by atoms with Crippen molar-refractivity contribution in [3.63, 3.8) is 0 Å². The Balaban J connectivity index is 1.51. The Labute approximate surface area is 196 Å². The lowest BCUT2D eigenvalue weighted by Gasteiger charge is -2.38. The van der Waals surface area contributed by atoms with Crippen molar-refractivity contribution >= 4 is 33.2 Å². The molecule has 0 saturated carbocycles. The van der Waals surface area contributed by atoms with Crippen LogP contribution in [0.5, 0.6) is 5.75 Å². The molecule has 0 fully saturated rings. The maximum atomic E-state index is 13.4. The van der Waals surface area contributed by atoms with E-state index in [0.29, 0.717) is 17.9 Å². The first kappa shape index (κ1) is 20.8. The molecule has 5 heteroatoms. The first-order valence-corrected chi connectivity index (χ1v) is 11.8. The van der Waals surface area contributed by atoms with E-state index >= 15 is 0 Å². The number of carbonyl (C=O) groups excluding carboxylic acids is 1. The van der Waals surface area contributed by atoms with Crippen molar-refractivity contribution in [2.24, 2.45) is 5.92 Å². The molecule has 0 saturated heterocycles. The summed E-state index contributed by atoms with van der Waals surface area (Å²) in [5.74, 6) is 0.790. The Hall–Kier alpha value is -3.05. The first-order chi connectivity index (χ1) is 15.6. The molecular weight excluding hydrogens is 464 g/mol. The van der Waals surface area contributed by atoms with Crippen LogP contribution in [0.15, 0.2) is 83.4 Å². The van der Waals surface area contributed by atoms with Crippen LogP contribution in [-0.2, 0) is 0 Å². The second-order valence-corrected chi connectivity index (χ2v) is 9.28. The SMILES string of the molecule is CCN(C(=O)c1ccc2c(c1)C1C=CCC1C(c1cc(Br)ccc1O)N2)c1ccccc1. The highest BCUT2D eigenvalue weighted by Crippen LogP contribution is 2.51. The molecular formula is C27H25BrN2O2. The van der Waals surface area contributed by atoms with Crippen molar-refractivity contribution in [1.29, 1.82) is 0 Å². The van der Waals surface area contributed by atoms with Crippen LogP contribution in [0.1, 0.15) is 46.8 Å². The first-order valence-electron chi connectivity index (χ1n) is 11.0. The quantitative estimate of drug-likeness (QED) is 0.404. The predicted octanol–water partition coefficient (Wildman–Crippen LogP) is 6.65. The molecule has 0 aromatic heterocycles. The van der Waals surface area contributed by atoms with E-state index in [0.717, 1.165) is 33.4 Å². The third kappa shape index (κ3) is 3.61. The number of para-hydroxylation sites is 1. The van der Waals surface area contributed by atoms with E-state index in [2.05, 4.69) is 33.4 Å². The maximum Gasteiger partial charge on any atom is 0.258 e. The highest BCUT2D eigenvalue weighted by Gasteiger charge is 2.39. The second kappa shape index (κ2) is 8.47. The van der Waals surface area contributed by atoms with Gasteiger partial charge in [-0.2, -0.15) is 0 Å². The third-order valence-electron chi connectivity index (χ3n) is 6.56. The molecule has 3 atom stereocenters. The molecule has 4 nitrogen and oxygen atoms in total. The standard InChI is InChI=1S/C27H25BrN2O2/c1-2-30(19-7-4-3-5-8-19)27(32)17-11-13-24-22(15-17)20-9-6-10-21(20)26(29-24)23-16-18(28)12-14-25(23)31/h3-9,11-16,20-21,26,29,31H,2,10H2,1H3. The van der Waals surface area contributed by atoms with E-state index in [4.69, 9.17) is 0 Å². The molecule has 3 aromatic carbocycles. The Bertz CT molecular complexity index is 1190. The third-order valence-corrected chi connectivity index (χ3v) is 7.06. The van der Waals surface area contributed by atoms with Crippen molar-refractivity contribution in [3.8, 4) is 5.75 Å². The van der Waals surface area contributed by atoms with E-state index < -0.39 is 0 Å². The van der Waals surface area contributed by atoms with Crippen LogP contribution in [0.2, 0.25) is 0 Å². The van der Waals surface area contributed by atoms with E-state index in [1.54, 1.807) is 6.07 Å². The molecule has 162 valence electrons. The summed E-state index contributed by atoms with van der Waals surface area (Å²) < 4.78 is 0.946. The highest BCUT2D eigenvalue weighted by atomic mass is 79.9. The minimum absolute atomic E-state index is 0.00184. The molecule has 1 aliphatic carbocycles. The molecule has 1 aliphatic heterocycles. The van der Waals surface area contributed by atoms with Crippen LogP contribution in [0.4, 0.5) is 11.4 Å². The lowest BCUT2D eigenvalue weighted by atomic mass is 9.76. The van der Waals surface area contributed by atoms with Gasteiger partial charge in [-0.1, -0.05) is 46.3 Å². The van der Waals surface area contributed by atoms with E-state index in [-0.39, 0.29) is 23.8 Å². The number of anilines is 2. The molecule has 2 N–H and O–H groups in total. The van der Waals surface area contributed by atoms with Crippen molar-refractivity contribution < 1.29 is 9.90 Å². The number of nitrogens with one attached hydrogen (secondary N) is 1. The molecule has 1 heterocycles. The molecule has 2 aliphatic rings. The average molecular weight is 489 g/mol. The fraction of sp³-hybridized carbons (Fsp3) is 0.222. The van der Waals surface area contributed by atoms with Crippen LogP contribution in [0.3, 0.4) is 0 Å². The highest BCUT2D eigenvalue weighted by molar-refractivity contribution is 9.10. The van der Waals surface area contributed by atoms with Gasteiger partial charge in [0.25, 0.3) is 5.91 Å². The molecule has 3 unspecified atom stereocenters. The number of rotatable bonds is 4. The summed E-state index contributed by atoms with van der Waals surface area (Å²) in [6.07, 6.45) is 5.39. The number of fused-ring (bicyclic) bond motifs is 3. The number of hydrogen-bond acceptors (Lipinski definition) is 3. The molecule has 0 bridgehead atoms. The van der Waals surface area contributed by atoms with Crippen LogP contribution >= 0.6 is 15.9 Å². The lowest BCUT2D eigenvalue weighted by molar-refractivity contribution is 0.0988. The van der Waals surface area contributed by atoms with Crippen LogP contribution in [0.25, 0.3) is 0 Å². The molecule has 0 spiro atoms. The number of amides is 1. The summed E-state index contributed by atoms with van der Waals surface area (Å²) in [5.41, 5.74) is 4.65. The summed E-state index contributed by atoms with van der Waals surface area (Å²) in [6.45, 7) is 2.60. The zero-order chi connectivity index (χ0) is 22.2.